The van der Waals surface area contributed by atoms with Crippen molar-refractivity contribution >= 4 is 5.84 Å². The highest BCUT2D eigenvalue weighted by Crippen LogP contribution is 2.40. The Kier molecular flexibility index (Phi) is 4.28. The van der Waals surface area contributed by atoms with E-state index in [0.717, 1.165) is 12.5 Å². The number of phenolic OH excluding ortho intramolecular Hbond substituents is 1. The molecule has 1 aromatic carbocycles. The number of hydrogen-bond acceptors (Lipinski definition) is 3. The van der Waals surface area contributed by atoms with E-state index in [1.165, 1.54) is 62.8 Å². The van der Waals surface area contributed by atoms with E-state index in [9.17, 15) is 5.11 Å². The number of nitrogens with one attached hydrogen (secondary N) is 1. The first-order valence-corrected chi connectivity index (χ1v) is 9.39. The van der Waals surface area contributed by atoms with Crippen LogP contribution in [0.1, 0.15) is 62.8 Å². The number of aromatic hydroxyl groups is 1. The number of fused-ring (bicyclic) bond motifs is 1. The van der Waals surface area contributed by atoms with Crippen LogP contribution in [-0.2, 0) is 0 Å². The zero-order valence-electron chi connectivity index (χ0n) is 13.9. The minimum absolute atomic E-state index is 0.366. The molecule has 23 heavy (non-hydrogen) atoms. The summed E-state index contributed by atoms with van der Waals surface area (Å²) >= 11 is 0. The van der Waals surface area contributed by atoms with Crippen LogP contribution in [0, 0.1) is 11.8 Å². The molecule has 3 unspecified atom stereocenters. The van der Waals surface area contributed by atoms with E-state index < -0.39 is 0 Å². The molecule has 4 rings (SSSR count). The second-order valence-electron chi connectivity index (χ2n) is 7.68. The van der Waals surface area contributed by atoms with Gasteiger partial charge in [-0.25, -0.2) is 0 Å². The van der Waals surface area contributed by atoms with Crippen LogP contribution in [-0.4, -0.2) is 23.5 Å². The molecule has 0 aromatic heterocycles. The molecule has 1 aromatic rings. The Hall–Kier alpha value is -1.51. The molecule has 3 aliphatic rings. The Bertz CT molecular complexity index is 560. The van der Waals surface area contributed by atoms with E-state index in [-0.39, 0.29) is 0 Å². The van der Waals surface area contributed by atoms with E-state index in [4.69, 9.17) is 4.99 Å². The van der Waals surface area contributed by atoms with E-state index in [1.807, 2.05) is 12.1 Å². The summed E-state index contributed by atoms with van der Waals surface area (Å²) < 4.78 is 0. The minimum Gasteiger partial charge on any atom is -0.508 e. The van der Waals surface area contributed by atoms with Gasteiger partial charge in [0.05, 0.1) is 5.84 Å². The average molecular weight is 312 g/mol. The number of hydrogen-bond donors (Lipinski definition) is 2. The minimum atomic E-state index is 0.366. The highest BCUT2D eigenvalue weighted by molar-refractivity contribution is 5.87. The lowest BCUT2D eigenvalue weighted by molar-refractivity contribution is 0.373. The third-order valence-electron chi connectivity index (χ3n) is 6.12. The Balaban J connectivity index is 1.55. The SMILES string of the molecule is Oc1ccc(C(CC2CCCC2)C2CC3CCCN=C3N2)cc1. The first-order chi connectivity index (χ1) is 11.3. The van der Waals surface area contributed by atoms with Gasteiger partial charge in [0.25, 0.3) is 0 Å². The molecule has 0 spiro atoms. The van der Waals surface area contributed by atoms with Crippen molar-refractivity contribution in [3.63, 3.8) is 0 Å². The van der Waals surface area contributed by atoms with Gasteiger partial charge in [0, 0.05) is 24.4 Å². The zero-order valence-corrected chi connectivity index (χ0v) is 13.9. The fourth-order valence-corrected chi connectivity index (χ4v) is 4.88. The Morgan fingerprint density at radius 1 is 1.09 bits per heavy atom. The largest absolute Gasteiger partial charge is 0.508 e. The second-order valence-corrected chi connectivity index (χ2v) is 7.68. The molecule has 2 heterocycles. The summed E-state index contributed by atoms with van der Waals surface area (Å²) in [6.45, 7) is 0.998. The monoisotopic (exact) mass is 312 g/mol. The molecule has 3 heteroatoms. The summed E-state index contributed by atoms with van der Waals surface area (Å²) in [5.74, 6) is 3.73. The van der Waals surface area contributed by atoms with Crippen LogP contribution >= 0.6 is 0 Å². The van der Waals surface area contributed by atoms with E-state index in [0.29, 0.717) is 23.6 Å². The van der Waals surface area contributed by atoms with Crippen LogP contribution in [0.15, 0.2) is 29.3 Å². The number of amidine groups is 1. The van der Waals surface area contributed by atoms with Gasteiger partial charge in [-0.15, -0.1) is 0 Å². The highest BCUT2D eigenvalue weighted by atomic mass is 16.3. The fourth-order valence-electron chi connectivity index (χ4n) is 4.88. The summed E-state index contributed by atoms with van der Waals surface area (Å²) in [4.78, 5) is 4.73. The molecule has 3 nitrogen and oxygen atoms in total. The molecule has 0 amide bonds. The van der Waals surface area contributed by atoms with Crippen molar-refractivity contribution in [2.24, 2.45) is 16.8 Å². The maximum Gasteiger partial charge on any atom is 0.115 e. The molecule has 2 fully saturated rings. The normalized spacial score (nSPS) is 29.0. The summed E-state index contributed by atoms with van der Waals surface area (Å²) in [6, 6.07) is 8.45. The topological polar surface area (TPSA) is 44.6 Å². The summed E-state index contributed by atoms with van der Waals surface area (Å²) in [6.07, 6.45) is 10.7. The number of rotatable bonds is 4. The molecular weight excluding hydrogens is 284 g/mol. The van der Waals surface area contributed by atoms with E-state index in [2.05, 4.69) is 17.4 Å². The lowest BCUT2D eigenvalue weighted by Crippen LogP contribution is -2.33. The van der Waals surface area contributed by atoms with Gasteiger partial charge in [-0.3, -0.25) is 4.99 Å². The maximum absolute atomic E-state index is 9.62. The number of benzene rings is 1. The van der Waals surface area contributed by atoms with Crippen LogP contribution in [0.4, 0.5) is 0 Å². The predicted octanol–water partition coefficient (Wildman–Crippen LogP) is 4.23. The van der Waals surface area contributed by atoms with Crippen molar-refractivity contribution in [3.05, 3.63) is 29.8 Å². The van der Waals surface area contributed by atoms with Gasteiger partial charge in [-0.2, -0.15) is 0 Å². The number of aliphatic imine (C=N–C) groups is 1. The van der Waals surface area contributed by atoms with Crippen molar-refractivity contribution in [2.75, 3.05) is 6.54 Å². The van der Waals surface area contributed by atoms with E-state index in [1.54, 1.807) is 0 Å². The van der Waals surface area contributed by atoms with Crippen molar-refractivity contribution < 1.29 is 5.11 Å². The van der Waals surface area contributed by atoms with Gasteiger partial charge in [0.1, 0.15) is 5.75 Å². The first-order valence-electron chi connectivity index (χ1n) is 9.39. The van der Waals surface area contributed by atoms with Crippen LogP contribution in [0.2, 0.25) is 0 Å². The second kappa shape index (κ2) is 6.54. The van der Waals surface area contributed by atoms with Gasteiger partial charge in [-0.1, -0.05) is 37.8 Å². The molecule has 1 saturated heterocycles. The van der Waals surface area contributed by atoms with Crippen molar-refractivity contribution in [3.8, 4) is 5.75 Å². The number of phenols is 1. The zero-order chi connectivity index (χ0) is 15.6. The third kappa shape index (κ3) is 3.24. The third-order valence-corrected chi connectivity index (χ3v) is 6.12. The van der Waals surface area contributed by atoms with Crippen LogP contribution in [0.25, 0.3) is 0 Å². The van der Waals surface area contributed by atoms with Crippen LogP contribution < -0.4 is 5.32 Å². The number of nitrogens with zero attached hydrogens (tertiary/aromatic N) is 1. The fraction of sp³-hybridized carbons (Fsp3) is 0.650. The highest BCUT2D eigenvalue weighted by Gasteiger charge is 2.37. The molecular formula is C20H28N2O. The van der Waals surface area contributed by atoms with Crippen molar-refractivity contribution in [2.45, 2.75) is 63.3 Å². The molecule has 3 atom stereocenters. The molecule has 2 aliphatic heterocycles. The van der Waals surface area contributed by atoms with Crippen molar-refractivity contribution in [1.29, 1.82) is 0 Å². The Morgan fingerprint density at radius 2 is 1.87 bits per heavy atom. The lowest BCUT2D eigenvalue weighted by Gasteiger charge is -2.27. The van der Waals surface area contributed by atoms with E-state index >= 15 is 0 Å². The smallest absolute Gasteiger partial charge is 0.115 e. The summed E-state index contributed by atoms with van der Waals surface area (Å²) in [7, 11) is 0. The molecule has 0 bridgehead atoms. The Morgan fingerprint density at radius 3 is 2.61 bits per heavy atom. The van der Waals surface area contributed by atoms with Crippen LogP contribution in [0.5, 0.6) is 5.75 Å². The standard InChI is InChI=1S/C20H28N2O/c23-17-9-7-15(8-10-17)18(12-14-4-1-2-5-14)19-13-16-6-3-11-21-20(16)22-19/h7-10,14,16,18-19,23H,1-6,11-13H2,(H,21,22). The molecule has 1 aliphatic carbocycles. The van der Waals surface area contributed by atoms with Gasteiger partial charge in [0.15, 0.2) is 0 Å². The van der Waals surface area contributed by atoms with Gasteiger partial charge >= 0.3 is 0 Å². The molecule has 124 valence electrons. The molecule has 1 saturated carbocycles. The average Bonchev–Trinajstić information content (AvgIpc) is 3.22. The molecule has 0 radical (unpaired) electrons. The molecule has 2 N–H and O–H groups in total. The Labute approximate surface area is 139 Å². The first kappa shape index (κ1) is 15.0. The van der Waals surface area contributed by atoms with Gasteiger partial charge in [-0.05, 0) is 49.3 Å². The summed E-state index contributed by atoms with van der Waals surface area (Å²) in [5, 5.41) is 13.4. The quantitative estimate of drug-likeness (QED) is 0.874. The predicted molar refractivity (Wildman–Crippen MR) is 94.0 cm³/mol. The van der Waals surface area contributed by atoms with Gasteiger partial charge in [0.2, 0.25) is 0 Å². The maximum atomic E-state index is 9.62. The van der Waals surface area contributed by atoms with Crippen molar-refractivity contribution in [1.82, 2.24) is 5.32 Å². The lowest BCUT2D eigenvalue weighted by atomic mass is 9.81. The van der Waals surface area contributed by atoms with Crippen LogP contribution in [0.3, 0.4) is 0 Å². The summed E-state index contributed by atoms with van der Waals surface area (Å²) in [5.41, 5.74) is 1.38. The van der Waals surface area contributed by atoms with Gasteiger partial charge < -0.3 is 10.4 Å².